The molecule has 0 unspecified atom stereocenters. The molecule has 3 aromatic heterocycles. The summed E-state index contributed by atoms with van der Waals surface area (Å²) in [6, 6.07) is 1.86. The van der Waals surface area contributed by atoms with Gasteiger partial charge in [-0.1, -0.05) is 0 Å². The summed E-state index contributed by atoms with van der Waals surface area (Å²) in [7, 11) is 0. The van der Waals surface area contributed by atoms with Gasteiger partial charge in [0.15, 0.2) is 5.65 Å². The first-order valence-corrected chi connectivity index (χ1v) is 11.2. The highest BCUT2D eigenvalue weighted by molar-refractivity contribution is 5.71. The van der Waals surface area contributed by atoms with Crippen LogP contribution in [0.5, 0.6) is 0 Å². The standard InChI is InChI=1S/C24H30N6O3/c1-15-13-27-19-12-18(17-6-10-29(11-7-17)23(32)33-24(3,4)5)22(31)30(21(19)28-15)14-20-16(2)25-8-9-26-20/h8-9,12-13,17H,6-7,10-11,14H2,1-5H3. The predicted molar refractivity (Wildman–Crippen MR) is 124 cm³/mol. The summed E-state index contributed by atoms with van der Waals surface area (Å²) in [5, 5.41) is 0. The number of carbonyl (C=O) groups is 1. The molecule has 0 bridgehead atoms. The number of hydrogen-bond donors (Lipinski definition) is 0. The van der Waals surface area contributed by atoms with Crippen LogP contribution in [-0.2, 0) is 11.3 Å². The summed E-state index contributed by atoms with van der Waals surface area (Å²) in [4.78, 5) is 45.7. The molecule has 3 aromatic rings. The van der Waals surface area contributed by atoms with E-state index in [4.69, 9.17) is 4.74 Å². The first kappa shape index (κ1) is 22.8. The molecule has 9 heteroatoms. The lowest BCUT2D eigenvalue weighted by Crippen LogP contribution is -2.42. The SMILES string of the molecule is Cc1cnc2cc(C3CCN(C(=O)OC(C)(C)C)CC3)c(=O)n(Cc3nccnc3C)c2n1. The molecular weight excluding hydrogens is 420 g/mol. The maximum Gasteiger partial charge on any atom is 0.410 e. The molecule has 1 fully saturated rings. The third-order valence-electron chi connectivity index (χ3n) is 5.82. The largest absolute Gasteiger partial charge is 0.444 e. The van der Waals surface area contributed by atoms with Crippen LogP contribution >= 0.6 is 0 Å². The third kappa shape index (κ3) is 5.02. The number of fused-ring (bicyclic) bond motifs is 1. The molecular formula is C24H30N6O3. The van der Waals surface area contributed by atoms with Gasteiger partial charge in [-0.2, -0.15) is 0 Å². The Labute approximate surface area is 192 Å². The van der Waals surface area contributed by atoms with Crippen molar-refractivity contribution < 1.29 is 9.53 Å². The van der Waals surface area contributed by atoms with Crippen molar-refractivity contribution >= 4 is 17.3 Å². The molecule has 0 aliphatic carbocycles. The van der Waals surface area contributed by atoms with Gasteiger partial charge in [0.25, 0.3) is 5.56 Å². The van der Waals surface area contributed by atoms with Crippen LogP contribution in [0.3, 0.4) is 0 Å². The third-order valence-corrected chi connectivity index (χ3v) is 5.82. The van der Waals surface area contributed by atoms with Gasteiger partial charge < -0.3 is 9.64 Å². The topological polar surface area (TPSA) is 103 Å². The number of carbonyl (C=O) groups excluding carboxylic acids is 1. The zero-order chi connectivity index (χ0) is 23.8. The van der Waals surface area contributed by atoms with E-state index >= 15 is 0 Å². The molecule has 33 heavy (non-hydrogen) atoms. The second-order valence-corrected chi connectivity index (χ2v) is 9.54. The quantitative estimate of drug-likeness (QED) is 0.603. The molecule has 1 aliphatic rings. The zero-order valence-corrected chi connectivity index (χ0v) is 19.8. The van der Waals surface area contributed by atoms with E-state index in [2.05, 4.69) is 19.9 Å². The number of rotatable bonds is 3. The molecule has 0 atom stereocenters. The smallest absolute Gasteiger partial charge is 0.410 e. The molecule has 0 radical (unpaired) electrons. The number of aryl methyl sites for hydroxylation is 2. The van der Waals surface area contributed by atoms with Crippen LogP contribution in [0.25, 0.3) is 11.2 Å². The predicted octanol–water partition coefficient (Wildman–Crippen LogP) is 3.36. The number of ether oxygens (including phenoxy) is 1. The van der Waals surface area contributed by atoms with Gasteiger partial charge in [-0.15, -0.1) is 0 Å². The monoisotopic (exact) mass is 450 g/mol. The van der Waals surface area contributed by atoms with Crippen molar-refractivity contribution in [3.63, 3.8) is 0 Å². The number of nitrogens with zero attached hydrogens (tertiary/aromatic N) is 6. The molecule has 0 aromatic carbocycles. The Balaban J connectivity index is 1.66. The highest BCUT2D eigenvalue weighted by atomic mass is 16.6. The van der Waals surface area contributed by atoms with Gasteiger partial charge in [-0.05, 0) is 59.4 Å². The maximum absolute atomic E-state index is 13.7. The normalized spacial score (nSPS) is 15.1. The van der Waals surface area contributed by atoms with Gasteiger partial charge >= 0.3 is 6.09 Å². The Kier molecular flexibility index (Phi) is 6.14. The van der Waals surface area contributed by atoms with Crippen LogP contribution in [0, 0.1) is 13.8 Å². The zero-order valence-electron chi connectivity index (χ0n) is 19.8. The van der Waals surface area contributed by atoms with Gasteiger partial charge in [-0.3, -0.25) is 24.3 Å². The van der Waals surface area contributed by atoms with Crippen molar-refractivity contribution in [2.45, 2.75) is 65.5 Å². The second-order valence-electron chi connectivity index (χ2n) is 9.54. The van der Waals surface area contributed by atoms with Gasteiger partial charge in [-0.25, -0.2) is 9.78 Å². The van der Waals surface area contributed by atoms with Gasteiger partial charge in [0.2, 0.25) is 0 Å². The van der Waals surface area contributed by atoms with Crippen molar-refractivity contribution in [1.29, 1.82) is 0 Å². The van der Waals surface area contributed by atoms with E-state index in [-0.39, 0.29) is 24.1 Å². The number of hydrogen-bond acceptors (Lipinski definition) is 7. The summed E-state index contributed by atoms with van der Waals surface area (Å²) in [5.41, 5.74) is 3.52. The average molecular weight is 451 g/mol. The molecule has 4 heterocycles. The van der Waals surface area contributed by atoms with Crippen molar-refractivity contribution in [2.75, 3.05) is 13.1 Å². The molecule has 1 amide bonds. The molecule has 0 spiro atoms. The van der Waals surface area contributed by atoms with E-state index in [0.29, 0.717) is 42.7 Å². The fourth-order valence-corrected chi connectivity index (χ4v) is 4.12. The van der Waals surface area contributed by atoms with Crippen LogP contribution in [0.2, 0.25) is 0 Å². The van der Waals surface area contributed by atoms with Gasteiger partial charge in [0.05, 0.1) is 23.6 Å². The Morgan fingerprint density at radius 1 is 1.12 bits per heavy atom. The van der Waals surface area contributed by atoms with Crippen LogP contribution < -0.4 is 5.56 Å². The van der Waals surface area contributed by atoms with E-state index < -0.39 is 5.60 Å². The summed E-state index contributed by atoms with van der Waals surface area (Å²) >= 11 is 0. The molecule has 0 saturated carbocycles. The summed E-state index contributed by atoms with van der Waals surface area (Å²) < 4.78 is 7.15. The molecule has 4 rings (SSSR count). The minimum absolute atomic E-state index is 0.0258. The lowest BCUT2D eigenvalue weighted by Gasteiger charge is -2.33. The van der Waals surface area contributed by atoms with Crippen LogP contribution in [0.1, 0.15) is 62.2 Å². The molecule has 1 aliphatic heterocycles. The van der Waals surface area contributed by atoms with E-state index in [1.165, 1.54) is 0 Å². The summed E-state index contributed by atoms with van der Waals surface area (Å²) in [6.45, 7) is 10.7. The first-order chi connectivity index (χ1) is 15.6. The van der Waals surface area contributed by atoms with E-state index in [9.17, 15) is 9.59 Å². The Morgan fingerprint density at radius 3 is 2.48 bits per heavy atom. The molecule has 1 saturated heterocycles. The Morgan fingerprint density at radius 2 is 1.82 bits per heavy atom. The van der Waals surface area contributed by atoms with Crippen molar-refractivity contribution in [1.82, 2.24) is 29.4 Å². The summed E-state index contributed by atoms with van der Waals surface area (Å²) in [5.74, 6) is 0.0258. The first-order valence-electron chi connectivity index (χ1n) is 11.2. The number of likely N-dealkylation sites (tertiary alicyclic amines) is 1. The number of amides is 1. The lowest BCUT2D eigenvalue weighted by molar-refractivity contribution is 0.0204. The Bertz CT molecular complexity index is 1240. The fourth-order valence-electron chi connectivity index (χ4n) is 4.12. The number of aromatic nitrogens is 5. The lowest BCUT2D eigenvalue weighted by atomic mass is 9.90. The van der Waals surface area contributed by atoms with Gasteiger partial charge in [0.1, 0.15) is 11.1 Å². The van der Waals surface area contributed by atoms with Crippen molar-refractivity contribution in [2.24, 2.45) is 0 Å². The fraction of sp³-hybridized carbons (Fsp3) is 0.500. The van der Waals surface area contributed by atoms with E-state index in [0.717, 1.165) is 17.1 Å². The molecule has 174 valence electrons. The van der Waals surface area contributed by atoms with Gasteiger partial charge in [0, 0.05) is 37.2 Å². The Hall–Kier alpha value is -3.36. The van der Waals surface area contributed by atoms with E-state index in [1.54, 1.807) is 28.1 Å². The summed E-state index contributed by atoms with van der Waals surface area (Å²) in [6.07, 6.45) is 6.03. The number of piperidine rings is 1. The molecule has 0 N–H and O–H groups in total. The van der Waals surface area contributed by atoms with Crippen molar-refractivity contribution in [3.05, 3.63) is 57.7 Å². The highest BCUT2D eigenvalue weighted by Crippen LogP contribution is 2.28. The van der Waals surface area contributed by atoms with Crippen molar-refractivity contribution in [3.8, 4) is 0 Å². The van der Waals surface area contributed by atoms with Crippen LogP contribution in [0.4, 0.5) is 4.79 Å². The average Bonchev–Trinajstić information content (AvgIpc) is 2.76. The minimum atomic E-state index is -0.532. The maximum atomic E-state index is 13.7. The van der Waals surface area contributed by atoms with Crippen LogP contribution in [-0.4, -0.2) is 54.2 Å². The van der Waals surface area contributed by atoms with Crippen LogP contribution in [0.15, 0.2) is 29.5 Å². The number of pyridine rings is 1. The molecule has 9 nitrogen and oxygen atoms in total. The van der Waals surface area contributed by atoms with E-state index in [1.807, 2.05) is 40.7 Å². The minimum Gasteiger partial charge on any atom is -0.444 e. The highest BCUT2D eigenvalue weighted by Gasteiger charge is 2.29. The second kappa shape index (κ2) is 8.88.